The average molecular weight is 264 g/mol. The first-order chi connectivity index (χ1) is 9.24. The lowest BCUT2D eigenvalue weighted by molar-refractivity contribution is 0.109. The summed E-state index contributed by atoms with van der Waals surface area (Å²) in [5.41, 5.74) is 3.98. The van der Waals surface area contributed by atoms with E-state index < -0.39 is 11.6 Å². The minimum atomic E-state index is -0.811. The van der Waals surface area contributed by atoms with Crippen molar-refractivity contribution in [2.45, 2.75) is 25.9 Å². The van der Waals surface area contributed by atoms with Gasteiger partial charge in [0.25, 0.3) is 0 Å². The second-order valence-electron chi connectivity index (χ2n) is 4.68. The van der Waals surface area contributed by atoms with E-state index in [4.69, 9.17) is 4.74 Å². The SMILES string of the molecule is Fc1ccc(CCc2n[nH]c3c2COCC3)cc1F. The fourth-order valence-electron chi connectivity index (χ4n) is 2.33. The molecule has 3 nitrogen and oxygen atoms in total. The quantitative estimate of drug-likeness (QED) is 0.925. The Hall–Kier alpha value is -1.75. The van der Waals surface area contributed by atoms with E-state index in [0.29, 0.717) is 19.4 Å². The molecule has 0 aliphatic carbocycles. The smallest absolute Gasteiger partial charge is 0.159 e. The summed E-state index contributed by atoms with van der Waals surface area (Å²) in [6, 6.07) is 4.01. The molecular weight excluding hydrogens is 250 g/mol. The summed E-state index contributed by atoms with van der Waals surface area (Å²) in [5.74, 6) is -1.61. The Morgan fingerprint density at radius 2 is 2.11 bits per heavy atom. The standard InChI is InChI=1S/C14H14F2N2O/c15-11-3-1-9(7-12(11)16)2-4-13-10-8-19-6-5-14(10)18-17-13/h1,3,7H,2,4-6,8H2,(H,17,18). The van der Waals surface area contributed by atoms with Crippen molar-refractivity contribution in [2.75, 3.05) is 6.61 Å². The molecule has 1 aliphatic heterocycles. The van der Waals surface area contributed by atoms with Gasteiger partial charge in [-0.05, 0) is 30.5 Å². The molecule has 0 radical (unpaired) electrons. The minimum absolute atomic E-state index is 0.582. The molecular formula is C14H14F2N2O. The third-order valence-electron chi connectivity index (χ3n) is 3.42. The Balaban J connectivity index is 1.72. The van der Waals surface area contributed by atoms with Crippen molar-refractivity contribution >= 4 is 0 Å². The third-order valence-corrected chi connectivity index (χ3v) is 3.42. The second kappa shape index (κ2) is 5.09. The monoisotopic (exact) mass is 264 g/mol. The van der Waals surface area contributed by atoms with Gasteiger partial charge >= 0.3 is 0 Å². The summed E-state index contributed by atoms with van der Waals surface area (Å²) >= 11 is 0. The lowest BCUT2D eigenvalue weighted by atomic mass is 10.0. The fourth-order valence-corrected chi connectivity index (χ4v) is 2.33. The van der Waals surface area contributed by atoms with Crippen molar-refractivity contribution in [1.29, 1.82) is 0 Å². The van der Waals surface area contributed by atoms with E-state index in [1.54, 1.807) is 6.07 Å². The number of nitrogens with one attached hydrogen (secondary N) is 1. The number of aromatic nitrogens is 2. The summed E-state index contributed by atoms with van der Waals surface area (Å²) in [6.07, 6.45) is 2.18. The van der Waals surface area contributed by atoms with E-state index in [1.807, 2.05) is 0 Å². The lowest BCUT2D eigenvalue weighted by Gasteiger charge is -2.12. The summed E-state index contributed by atoms with van der Waals surface area (Å²) in [4.78, 5) is 0. The number of halogens is 2. The molecule has 100 valence electrons. The molecule has 0 saturated carbocycles. The summed E-state index contributed by atoms with van der Waals surface area (Å²) in [7, 11) is 0. The highest BCUT2D eigenvalue weighted by Crippen LogP contribution is 2.20. The molecule has 0 amide bonds. The molecule has 0 spiro atoms. The van der Waals surface area contributed by atoms with Crippen LogP contribution in [0.2, 0.25) is 0 Å². The molecule has 2 aromatic rings. The van der Waals surface area contributed by atoms with Gasteiger partial charge in [0.2, 0.25) is 0 Å². The molecule has 0 atom stereocenters. The molecule has 0 unspecified atom stereocenters. The zero-order chi connectivity index (χ0) is 13.2. The number of nitrogens with zero attached hydrogens (tertiary/aromatic N) is 1. The van der Waals surface area contributed by atoms with Crippen molar-refractivity contribution < 1.29 is 13.5 Å². The minimum Gasteiger partial charge on any atom is -0.376 e. The van der Waals surface area contributed by atoms with E-state index in [2.05, 4.69) is 10.2 Å². The number of aryl methyl sites for hydroxylation is 2. The molecule has 2 heterocycles. The molecule has 1 aromatic carbocycles. The van der Waals surface area contributed by atoms with E-state index in [9.17, 15) is 8.78 Å². The third kappa shape index (κ3) is 2.51. The number of H-pyrrole nitrogens is 1. The first-order valence-corrected chi connectivity index (χ1v) is 6.30. The Labute approximate surface area is 109 Å². The van der Waals surface area contributed by atoms with Gasteiger partial charge in [-0.3, -0.25) is 5.10 Å². The van der Waals surface area contributed by atoms with Crippen molar-refractivity contribution in [1.82, 2.24) is 10.2 Å². The van der Waals surface area contributed by atoms with Gasteiger partial charge in [-0.25, -0.2) is 8.78 Å². The summed E-state index contributed by atoms with van der Waals surface area (Å²) < 4.78 is 31.3. The molecule has 0 saturated heterocycles. The fraction of sp³-hybridized carbons (Fsp3) is 0.357. The van der Waals surface area contributed by atoms with Crippen LogP contribution in [0.1, 0.15) is 22.5 Å². The maximum Gasteiger partial charge on any atom is 0.159 e. The molecule has 3 rings (SSSR count). The first kappa shape index (κ1) is 12.3. The van der Waals surface area contributed by atoms with Crippen molar-refractivity contribution in [3.05, 3.63) is 52.3 Å². The highest BCUT2D eigenvalue weighted by Gasteiger charge is 2.17. The van der Waals surface area contributed by atoms with E-state index >= 15 is 0 Å². The number of ether oxygens (including phenoxy) is 1. The van der Waals surface area contributed by atoms with Gasteiger partial charge in [0.1, 0.15) is 0 Å². The van der Waals surface area contributed by atoms with Gasteiger partial charge in [-0.1, -0.05) is 6.07 Å². The van der Waals surface area contributed by atoms with Crippen molar-refractivity contribution in [3.8, 4) is 0 Å². The highest BCUT2D eigenvalue weighted by atomic mass is 19.2. The van der Waals surface area contributed by atoms with Crippen LogP contribution in [-0.4, -0.2) is 16.8 Å². The van der Waals surface area contributed by atoms with Crippen molar-refractivity contribution in [3.63, 3.8) is 0 Å². The summed E-state index contributed by atoms with van der Waals surface area (Å²) in [5, 5.41) is 7.30. The predicted molar refractivity (Wildman–Crippen MR) is 65.7 cm³/mol. The van der Waals surface area contributed by atoms with Gasteiger partial charge in [0, 0.05) is 17.7 Å². The molecule has 5 heteroatoms. The van der Waals surface area contributed by atoms with Gasteiger partial charge < -0.3 is 4.74 Å². The van der Waals surface area contributed by atoms with Crippen LogP contribution in [0.4, 0.5) is 8.78 Å². The van der Waals surface area contributed by atoms with Crippen LogP contribution in [0.25, 0.3) is 0 Å². The number of rotatable bonds is 3. The topological polar surface area (TPSA) is 37.9 Å². The van der Waals surface area contributed by atoms with Gasteiger partial charge in [0.15, 0.2) is 11.6 Å². The number of benzene rings is 1. The number of aromatic amines is 1. The van der Waals surface area contributed by atoms with Crippen molar-refractivity contribution in [2.24, 2.45) is 0 Å². The van der Waals surface area contributed by atoms with Gasteiger partial charge in [-0.2, -0.15) is 5.10 Å². The van der Waals surface area contributed by atoms with Gasteiger partial charge in [0.05, 0.1) is 18.9 Å². The molecule has 1 aromatic heterocycles. The van der Waals surface area contributed by atoms with E-state index in [-0.39, 0.29) is 0 Å². The molecule has 0 bridgehead atoms. The Kier molecular flexibility index (Phi) is 3.29. The molecule has 0 fully saturated rings. The van der Waals surface area contributed by atoms with Crippen LogP contribution in [0.3, 0.4) is 0 Å². The van der Waals surface area contributed by atoms with Crippen LogP contribution in [-0.2, 0) is 30.6 Å². The lowest BCUT2D eigenvalue weighted by Crippen LogP contribution is -2.10. The highest BCUT2D eigenvalue weighted by molar-refractivity contribution is 5.27. The summed E-state index contributed by atoms with van der Waals surface area (Å²) in [6.45, 7) is 1.30. The maximum atomic E-state index is 13.1. The van der Waals surface area contributed by atoms with E-state index in [0.717, 1.165) is 41.6 Å². The molecule has 1 N–H and O–H groups in total. The predicted octanol–water partition coefficient (Wildman–Crippen LogP) is 2.55. The Morgan fingerprint density at radius 1 is 1.21 bits per heavy atom. The maximum absolute atomic E-state index is 13.1. The van der Waals surface area contributed by atoms with Gasteiger partial charge in [-0.15, -0.1) is 0 Å². The van der Waals surface area contributed by atoms with Crippen LogP contribution < -0.4 is 0 Å². The normalized spacial score (nSPS) is 14.4. The molecule has 1 aliphatic rings. The second-order valence-corrected chi connectivity index (χ2v) is 4.68. The van der Waals surface area contributed by atoms with Crippen LogP contribution in [0.5, 0.6) is 0 Å². The van der Waals surface area contributed by atoms with Crippen LogP contribution >= 0.6 is 0 Å². The zero-order valence-corrected chi connectivity index (χ0v) is 10.4. The Morgan fingerprint density at radius 3 is 2.95 bits per heavy atom. The Bertz CT molecular complexity index is 595. The van der Waals surface area contributed by atoms with Crippen LogP contribution in [0.15, 0.2) is 18.2 Å². The first-order valence-electron chi connectivity index (χ1n) is 6.30. The number of fused-ring (bicyclic) bond motifs is 1. The number of hydrogen-bond acceptors (Lipinski definition) is 2. The average Bonchev–Trinajstić information content (AvgIpc) is 2.83. The number of hydrogen-bond donors (Lipinski definition) is 1. The van der Waals surface area contributed by atoms with Crippen LogP contribution in [0, 0.1) is 11.6 Å². The zero-order valence-electron chi connectivity index (χ0n) is 10.4. The molecule has 19 heavy (non-hydrogen) atoms. The largest absolute Gasteiger partial charge is 0.376 e. The van der Waals surface area contributed by atoms with E-state index in [1.165, 1.54) is 6.07 Å².